The van der Waals surface area contributed by atoms with E-state index in [1.54, 1.807) is 0 Å². The molecule has 0 aliphatic heterocycles. The lowest BCUT2D eigenvalue weighted by atomic mass is 10.1. The van der Waals surface area contributed by atoms with Gasteiger partial charge < -0.3 is 4.98 Å². The number of benzene rings is 1. The molecule has 0 atom stereocenters. The first-order chi connectivity index (χ1) is 8.90. The summed E-state index contributed by atoms with van der Waals surface area (Å²) in [6, 6.07) is 5.74. The fourth-order valence-corrected chi connectivity index (χ4v) is 2.91. The molecule has 0 radical (unpaired) electrons. The van der Waals surface area contributed by atoms with E-state index in [9.17, 15) is 4.79 Å². The van der Waals surface area contributed by atoms with Gasteiger partial charge in [-0.25, -0.2) is 4.98 Å². The minimum absolute atomic E-state index is 0.159. The first-order valence-electron chi connectivity index (χ1n) is 5.65. The highest BCUT2D eigenvalue weighted by Gasteiger charge is 2.13. The first kappa shape index (κ1) is 14.9. The molecule has 1 heterocycles. The average Bonchev–Trinajstić information content (AvgIpc) is 2.35. The van der Waals surface area contributed by atoms with Crippen LogP contribution in [0.2, 0.25) is 0 Å². The van der Waals surface area contributed by atoms with Crippen LogP contribution in [0.3, 0.4) is 0 Å². The van der Waals surface area contributed by atoms with Gasteiger partial charge in [-0.15, -0.1) is 0 Å². The molecular formula is C13H11Br3N2O. The molecule has 0 unspecified atom stereocenters. The van der Waals surface area contributed by atoms with E-state index in [1.165, 1.54) is 0 Å². The summed E-state index contributed by atoms with van der Waals surface area (Å²) in [7, 11) is 0. The lowest BCUT2D eigenvalue weighted by molar-refractivity contribution is 0.803. The van der Waals surface area contributed by atoms with Gasteiger partial charge in [0, 0.05) is 14.5 Å². The van der Waals surface area contributed by atoms with Crippen molar-refractivity contribution in [3.8, 4) is 11.4 Å². The molecule has 2 rings (SSSR count). The zero-order valence-electron chi connectivity index (χ0n) is 10.3. The maximum atomic E-state index is 11.9. The van der Waals surface area contributed by atoms with Crippen LogP contribution in [0.1, 0.15) is 25.5 Å². The minimum Gasteiger partial charge on any atom is -0.306 e. The Bertz CT molecular complexity index is 680. The Morgan fingerprint density at radius 1 is 1.16 bits per heavy atom. The number of H-pyrrole nitrogens is 1. The third kappa shape index (κ3) is 3.17. The summed E-state index contributed by atoms with van der Waals surface area (Å²) in [5.41, 5.74) is 1.46. The first-order valence-corrected chi connectivity index (χ1v) is 8.03. The fourth-order valence-electron chi connectivity index (χ4n) is 1.64. The Hall–Kier alpha value is -0.460. The maximum absolute atomic E-state index is 11.9. The average molecular weight is 451 g/mol. The van der Waals surface area contributed by atoms with Crippen LogP contribution < -0.4 is 5.56 Å². The Morgan fingerprint density at radius 2 is 1.84 bits per heavy atom. The lowest BCUT2D eigenvalue weighted by Crippen LogP contribution is -2.14. The number of aromatic amines is 1. The molecule has 0 bridgehead atoms. The number of hydrogen-bond donors (Lipinski definition) is 1. The molecule has 0 amide bonds. The molecule has 0 fully saturated rings. The second kappa shape index (κ2) is 5.89. The molecule has 2 aromatic rings. The van der Waals surface area contributed by atoms with Crippen molar-refractivity contribution < 1.29 is 0 Å². The molecule has 0 spiro atoms. The third-order valence-corrected chi connectivity index (χ3v) is 5.27. The van der Waals surface area contributed by atoms with Gasteiger partial charge in [0.15, 0.2) is 0 Å². The maximum Gasteiger partial charge on any atom is 0.265 e. The van der Waals surface area contributed by atoms with Crippen LogP contribution in [0.25, 0.3) is 11.4 Å². The van der Waals surface area contributed by atoms with E-state index in [-0.39, 0.29) is 11.5 Å². The highest BCUT2D eigenvalue weighted by molar-refractivity contribution is 9.13. The van der Waals surface area contributed by atoms with Crippen molar-refractivity contribution in [1.29, 1.82) is 0 Å². The van der Waals surface area contributed by atoms with E-state index in [1.807, 2.05) is 32.0 Å². The summed E-state index contributed by atoms with van der Waals surface area (Å²) in [5, 5.41) is 0. The van der Waals surface area contributed by atoms with Crippen LogP contribution in [0.4, 0.5) is 0 Å². The topological polar surface area (TPSA) is 45.8 Å². The summed E-state index contributed by atoms with van der Waals surface area (Å²) < 4.78 is 2.38. The highest BCUT2D eigenvalue weighted by Crippen LogP contribution is 2.28. The second-order valence-corrected chi connectivity index (χ2v) is 6.90. The molecule has 0 saturated carbocycles. The minimum atomic E-state index is -0.159. The zero-order valence-corrected chi connectivity index (χ0v) is 15.1. The standard InChI is InChI=1S/C13H11Br3N2O/c1-6(2)11-10(16)13(19)18-12(17-11)7-3-4-8(14)9(15)5-7/h3-6H,1-2H3,(H,17,18,19). The highest BCUT2D eigenvalue weighted by atomic mass is 79.9. The van der Waals surface area contributed by atoms with Gasteiger partial charge in [-0.3, -0.25) is 4.79 Å². The molecular weight excluding hydrogens is 440 g/mol. The SMILES string of the molecule is CC(C)c1nc(-c2ccc(Br)c(Br)c2)[nH]c(=O)c1Br. The number of nitrogens with one attached hydrogen (secondary N) is 1. The van der Waals surface area contributed by atoms with Gasteiger partial charge in [-0.1, -0.05) is 19.9 Å². The van der Waals surface area contributed by atoms with Gasteiger partial charge in [0.2, 0.25) is 0 Å². The van der Waals surface area contributed by atoms with E-state index in [2.05, 4.69) is 57.8 Å². The molecule has 0 saturated heterocycles. The summed E-state index contributed by atoms with van der Waals surface area (Å²) >= 11 is 10.2. The molecule has 19 heavy (non-hydrogen) atoms. The molecule has 1 aromatic carbocycles. The lowest BCUT2D eigenvalue weighted by Gasteiger charge is -2.10. The van der Waals surface area contributed by atoms with Crippen molar-refractivity contribution in [1.82, 2.24) is 9.97 Å². The second-order valence-electron chi connectivity index (χ2n) is 4.40. The van der Waals surface area contributed by atoms with Gasteiger partial charge >= 0.3 is 0 Å². The van der Waals surface area contributed by atoms with Crippen molar-refractivity contribution in [2.45, 2.75) is 19.8 Å². The monoisotopic (exact) mass is 448 g/mol. The summed E-state index contributed by atoms with van der Waals surface area (Å²) in [5.74, 6) is 0.749. The summed E-state index contributed by atoms with van der Waals surface area (Å²) in [6.07, 6.45) is 0. The quantitative estimate of drug-likeness (QED) is 0.711. The number of aromatic nitrogens is 2. The van der Waals surface area contributed by atoms with Gasteiger partial charge in [0.25, 0.3) is 5.56 Å². The predicted molar refractivity (Wildman–Crippen MR) is 87.5 cm³/mol. The summed E-state index contributed by atoms with van der Waals surface area (Å²) in [6.45, 7) is 4.02. The third-order valence-electron chi connectivity index (χ3n) is 2.63. The molecule has 0 aliphatic carbocycles. The summed E-state index contributed by atoms with van der Waals surface area (Å²) in [4.78, 5) is 19.2. The molecule has 1 aromatic heterocycles. The molecule has 100 valence electrons. The van der Waals surface area contributed by atoms with Crippen molar-refractivity contribution in [3.63, 3.8) is 0 Å². The van der Waals surface area contributed by atoms with Gasteiger partial charge in [-0.05, 0) is 65.8 Å². The van der Waals surface area contributed by atoms with Crippen LogP contribution in [0, 0.1) is 0 Å². The van der Waals surface area contributed by atoms with Crippen LogP contribution in [-0.4, -0.2) is 9.97 Å². The van der Waals surface area contributed by atoms with Crippen LogP contribution in [-0.2, 0) is 0 Å². The zero-order chi connectivity index (χ0) is 14.2. The van der Waals surface area contributed by atoms with E-state index >= 15 is 0 Å². The smallest absolute Gasteiger partial charge is 0.265 e. The normalized spacial score (nSPS) is 11.1. The van der Waals surface area contributed by atoms with Gasteiger partial charge in [0.1, 0.15) is 10.3 Å². The molecule has 6 heteroatoms. The van der Waals surface area contributed by atoms with E-state index in [0.29, 0.717) is 10.3 Å². The van der Waals surface area contributed by atoms with Crippen LogP contribution >= 0.6 is 47.8 Å². The van der Waals surface area contributed by atoms with Crippen LogP contribution in [0.15, 0.2) is 36.4 Å². The van der Waals surface area contributed by atoms with E-state index < -0.39 is 0 Å². The Kier molecular flexibility index (Phi) is 4.63. The largest absolute Gasteiger partial charge is 0.306 e. The van der Waals surface area contributed by atoms with E-state index in [0.717, 1.165) is 20.2 Å². The van der Waals surface area contributed by atoms with Crippen molar-refractivity contribution in [2.75, 3.05) is 0 Å². The van der Waals surface area contributed by atoms with Crippen molar-refractivity contribution in [2.24, 2.45) is 0 Å². The Labute approximate surface area is 136 Å². The Balaban J connectivity index is 2.63. The fraction of sp³-hybridized carbons (Fsp3) is 0.231. The molecule has 3 nitrogen and oxygen atoms in total. The van der Waals surface area contributed by atoms with Crippen molar-refractivity contribution >= 4 is 47.8 Å². The molecule has 0 aliphatic rings. The van der Waals surface area contributed by atoms with Crippen molar-refractivity contribution in [3.05, 3.63) is 47.7 Å². The number of halogens is 3. The van der Waals surface area contributed by atoms with E-state index in [4.69, 9.17) is 0 Å². The number of nitrogens with zero attached hydrogens (tertiary/aromatic N) is 1. The van der Waals surface area contributed by atoms with Gasteiger partial charge in [-0.2, -0.15) is 0 Å². The number of hydrogen-bond acceptors (Lipinski definition) is 2. The Morgan fingerprint density at radius 3 is 2.42 bits per heavy atom. The predicted octanol–water partition coefficient (Wildman–Crippen LogP) is 4.85. The molecule has 1 N–H and O–H groups in total. The number of rotatable bonds is 2. The van der Waals surface area contributed by atoms with Crippen LogP contribution in [0.5, 0.6) is 0 Å². The van der Waals surface area contributed by atoms with Gasteiger partial charge in [0.05, 0.1) is 5.69 Å².